The summed E-state index contributed by atoms with van der Waals surface area (Å²) >= 11 is 6.45. The van der Waals surface area contributed by atoms with Crippen molar-refractivity contribution in [3.63, 3.8) is 0 Å². The SMILES string of the molecule is C=S(C)(=O)C1CCN(c2cc(-c3nc4cccnc4n3C)c(Cl)cn2)CC1.CC. The number of aryl methyl sites for hydroxylation is 1. The summed E-state index contributed by atoms with van der Waals surface area (Å²) in [6.45, 7) is 5.62. The minimum Gasteiger partial charge on any atom is -0.357 e. The van der Waals surface area contributed by atoms with Crippen LogP contribution in [0.2, 0.25) is 5.02 Å². The van der Waals surface area contributed by atoms with E-state index in [1.165, 1.54) is 0 Å². The molecule has 1 atom stereocenters. The topological polar surface area (TPSA) is 63.9 Å². The van der Waals surface area contributed by atoms with Gasteiger partial charge in [0.25, 0.3) is 0 Å². The van der Waals surface area contributed by atoms with Gasteiger partial charge in [-0.25, -0.2) is 15.0 Å². The van der Waals surface area contributed by atoms with E-state index in [1.54, 1.807) is 18.6 Å². The molecule has 1 aliphatic rings. The summed E-state index contributed by atoms with van der Waals surface area (Å²) in [6.07, 6.45) is 6.90. The Morgan fingerprint density at radius 2 is 1.93 bits per heavy atom. The zero-order valence-corrected chi connectivity index (χ0v) is 19.0. The second kappa shape index (κ2) is 8.71. The number of hydrogen-bond donors (Lipinski definition) is 0. The Morgan fingerprint density at radius 1 is 1.24 bits per heavy atom. The average Bonchev–Trinajstić information content (AvgIpc) is 3.06. The van der Waals surface area contributed by atoms with Gasteiger partial charge in [-0.3, -0.25) is 4.21 Å². The lowest BCUT2D eigenvalue weighted by molar-refractivity contribution is 0.567. The molecular weight excluding hydrogens is 406 g/mol. The molecule has 1 fully saturated rings. The predicted molar refractivity (Wildman–Crippen MR) is 125 cm³/mol. The molecule has 0 amide bonds. The molecule has 0 radical (unpaired) electrons. The minimum absolute atomic E-state index is 0.173. The highest BCUT2D eigenvalue weighted by Gasteiger charge is 2.25. The number of rotatable bonds is 3. The molecule has 8 heteroatoms. The molecule has 0 bridgehead atoms. The van der Waals surface area contributed by atoms with Crippen molar-refractivity contribution in [2.45, 2.75) is 31.9 Å². The molecule has 4 heterocycles. The van der Waals surface area contributed by atoms with Gasteiger partial charge in [-0.2, -0.15) is 0 Å². The molecule has 0 aliphatic carbocycles. The highest BCUT2D eigenvalue weighted by molar-refractivity contribution is 8.00. The molecule has 6 nitrogen and oxygen atoms in total. The lowest BCUT2D eigenvalue weighted by Gasteiger charge is -2.33. The molecule has 3 aromatic rings. The van der Waals surface area contributed by atoms with Crippen LogP contribution in [0.5, 0.6) is 0 Å². The van der Waals surface area contributed by atoms with Gasteiger partial charge in [0, 0.05) is 49.6 Å². The summed E-state index contributed by atoms with van der Waals surface area (Å²) in [7, 11) is -0.0621. The lowest BCUT2D eigenvalue weighted by atomic mass is 10.1. The summed E-state index contributed by atoms with van der Waals surface area (Å²) in [5.41, 5.74) is 2.48. The molecule has 0 aromatic carbocycles. The first-order valence-electron chi connectivity index (χ1n) is 9.84. The number of fused-ring (bicyclic) bond motifs is 1. The second-order valence-corrected chi connectivity index (χ2v) is 10.3. The number of nitrogens with zero attached hydrogens (tertiary/aromatic N) is 5. The van der Waals surface area contributed by atoms with Crippen LogP contribution in [0.1, 0.15) is 26.7 Å². The van der Waals surface area contributed by atoms with Crippen molar-refractivity contribution < 1.29 is 4.21 Å². The molecule has 156 valence electrons. The Labute approximate surface area is 178 Å². The Kier molecular flexibility index (Phi) is 6.49. The third-order valence-corrected chi connectivity index (χ3v) is 7.36. The maximum atomic E-state index is 12.2. The Balaban J connectivity index is 0.00000117. The van der Waals surface area contributed by atoms with E-state index in [2.05, 4.69) is 20.7 Å². The third kappa shape index (κ3) is 4.41. The van der Waals surface area contributed by atoms with E-state index in [-0.39, 0.29) is 5.25 Å². The van der Waals surface area contributed by atoms with Crippen LogP contribution < -0.4 is 4.90 Å². The van der Waals surface area contributed by atoms with Crippen LogP contribution in [0, 0.1) is 0 Å². The quantitative estimate of drug-likeness (QED) is 0.583. The minimum atomic E-state index is -2.00. The van der Waals surface area contributed by atoms with Gasteiger partial charge < -0.3 is 9.47 Å². The highest BCUT2D eigenvalue weighted by Crippen LogP contribution is 2.32. The Hall–Kier alpha value is -2.12. The molecule has 3 aromatic heterocycles. The Morgan fingerprint density at radius 3 is 2.55 bits per heavy atom. The summed E-state index contributed by atoms with van der Waals surface area (Å²) in [6, 6.07) is 5.79. The number of piperidine rings is 1. The fourth-order valence-corrected chi connectivity index (χ4v) is 5.02. The molecule has 29 heavy (non-hydrogen) atoms. The molecule has 1 saturated heterocycles. The number of pyridine rings is 2. The van der Waals surface area contributed by atoms with Gasteiger partial charge in [-0.1, -0.05) is 25.4 Å². The van der Waals surface area contributed by atoms with Crippen molar-refractivity contribution in [2.24, 2.45) is 7.05 Å². The molecule has 0 saturated carbocycles. The third-order valence-electron chi connectivity index (χ3n) is 5.18. The van der Waals surface area contributed by atoms with E-state index in [1.807, 2.05) is 43.7 Å². The van der Waals surface area contributed by atoms with Gasteiger partial charge in [0.2, 0.25) is 0 Å². The summed E-state index contributed by atoms with van der Waals surface area (Å²) in [5.74, 6) is 5.47. The highest BCUT2D eigenvalue weighted by atomic mass is 35.5. The standard InChI is InChI=1S/C19H22ClN5OS.C2H6/c1-24-18(23-16-5-4-8-21-19(16)24)14-11-17(22-12-15(14)20)25-9-6-13(7-10-25)27(2,3)26;1-2/h4-5,8,11-13H,2,6-7,9-10H2,1,3H3;1-2H3. The van der Waals surface area contributed by atoms with Crippen LogP contribution in [0.4, 0.5) is 5.82 Å². The summed E-state index contributed by atoms with van der Waals surface area (Å²) < 4.78 is 14.2. The number of hydrogen-bond acceptors (Lipinski definition) is 5. The van der Waals surface area contributed by atoms with Gasteiger partial charge in [0.05, 0.1) is 5.02 Å². The zero-order chi connectivity index (χ0) is 21.2. The van der Waals surface area contributed by atoms with Gasteiger partial charge in [0.1, 0.15) is 17.2 Å². The molecule has 1 aliphatic heterocycles. The van der Waals surface area contributed by atoms with Crippen LogP contribution in [0.15, 0.2) is 30.6 Å². The number of halogens is 1. The average molecular weight is 434 g/mol. The summed E-state index contributed by atoms with van der Waals surface area (Å²) in [4.78, 5) is 15.8. The van der Waals surface area contributed by atoms with Gasteiger partial charge >= 0.3 is 0 Å². The van der Waals surface area contributed by atoms with Crippen molar-refractivity contribution >= 4 is 44.0 Å². The van der Waals surface area contributed by atoms with Crippen LogP contribution >= 0.6 is 11.6 Å². The Bertz CT molecular complexity index is 1100. The maximum Gasteiger partial charge on any atom is 0.159 e. The molecule has 4 rings (SSSR count). The normalized spacial score (nSPS) is 16.9. The number of aromatic nitrogens is 4. The number of anilines is 1. The van der Waals surface area contributed by atoms with Crippen molar-refractivity contribution in [3.8, 4) is 11.4 Å². The van der Waals surface area contributed by atoms with Crippen LogP contribution in [0.25, 0.3) is 22.6 Å². The van der Waals surface area contributed by atoms with Crippen molar-refractivity contribution in [2.75, 3.05) is 24.2 Å². The molecule has 1 unspecified atom stereocenters. The van der Waals surface area contributed by atoms with E-state index in [4.69, 9.17) is 16.6 Å². The smallest absolute Gasteiger partial charge is 0.159 e. The first-order valence-corrected chi connectivity index (χ1v) is 12.4. The first-order chi connectivity index (χ1) is 13.8. The van der Waals surface area contributed by atoms with Crippen molar-refractivity contribution in [1.82, 2.24) is 19.5 Å². The van der Waals surface area contributed by atoms with Gasteiger partial charge in [0.15, 0.2) is 5.65 Å². The van der Waals surface area contributed by atoms with E-state index in [0.717, 1.165) is 54.3 Å². The number of imidazole rings is 1. The predicted octanol–water partition coefficient (Wildman–Crippen LogP) is 4.02. The van der Waals surface area contributed by atoms with Gasteiger partial charge in [-0.05, 0) is 46.4 Å². The van der Waals surface area contributed by atoms with E-state index >= 15 is 0 Å². The monoisotopic (exact) mass is 433 g/mol. The van der Waals surface area contributed by atoms with Crippen LogP contribution in [-0.4, -0.2) is 54.2 Å². The molecule has 0 spiro atoms. The van der Waals surface area contributed by atoms with Crippen molar-refractivity contribution in [3.05, 3.63) is 35.6 Å². The van der Waals surface area contributed by atoms with Crippen LogP contribution in [-0.2, 0) is 16.6 Å². The van der Waals surface area contributed by atoms with E-state index < -0.39 is 9.52 Å². The summed E-state index contributed by atoms with van der Waals surface area (Å²) in [5, 5.41) is 0.729. The second-order valence-electron chi connectivity index (χ2n) is 7.12. The van der Waals surface area contributed by atoms with Gasteiger partial charge in [-0.15, -0.1) is 0 Å². The molecule has 0 N–H and O–H groups in total. The van der Waals surface area contributed by atoms with E-state index in [9.17, 15) is 4.21 Å². The molecular formula is C21H28ClN5OS. The fraction of sp³-hybridized carbons (Fsp3) is 0.429. The largest absolute Gasteiger partial charge is 0.357 e. The van der Waals surface area contributed by atoms with E-state index in [0.29, 0.717) is 5.02 Å². The lowest BCUT2D eigenvalue weighted by Crippen LogP contribution is -2.39. The van der Waals surface area contributed by atoms with Crippen LogP contribution in [0.3, 0.4) is 0 Å². The first kappa shape index (κ1) is 21.6. The zero-order valence-electron chi connectivity index (χ0n) is 17.4. The van der Waals surface area contributed by atoms with Crippen molar-refractivity contribution in [1.29, 1.82) is 0 Å². The fourth-order valence-electron chi connectivity index (χ4n) is 3.62. The maximum absolute atomic E-state index is 12.2.